The number of nitrogens with two attached hydrogens (primary N) is 1. The predicted octanol–water partition coefficient (Wildman–Crippen LogP) is 3.41. The number of halogens is 2. The van der Waals surface area contributed by atoms with Crippen molar-refractivity contribution in [1.82, 2.24) is 0 Å². The van der Waals surface area contributed by atoms with Crippen molar-refractivity contribution in [2.75, 3.05) is 12.8 Å². The summed E-state index contributed by atoms with van der Waals surface area (Å²) in [5.41, 5.74) is 6.31. The van der Waals surface area contributed by atoms with Gasteiger partial charge >= 0.3 is 0 Å². The first kappa shape index (κ1) is 13.5. The van der Waals surface area contributed by atoms with Crippen LogP contribution in [-0.2, 0) is 0 Å². The van der Waals surface area contributed by atoms with E-state index in [9.17, 15) is 9.18 Å². The number of hydrogen-bond donors (Lipinski definition) is 1. The number of benzene rings is 2. The maximum Gasteiger partial charge on any atom is 0.198 e. The summed E-state index contributed by atoms with van der Waals surface area (Å²) in [5.74, 6) is -0.727. The minimum absolute atomic E-state index is 0.0326. The molecule has 0 radical (unpaired) electrons. The van der Waals surface area contributed by atoms with Gasteiger partial charge in [-0.15, -0.1) is 0 Å². The highest BCUT2D eigenvalue weighted by Gasteiger charge is 2.17. The molecule has 0 saturated carbocycles. The maximum absolute atomic E-state index is 13.8. The van der Waals surface area contributed by atoms with Crippen LogP contribution >= 0.6 is 15.9 Å². The molecule has 98 valence electrons. The highest BCUT2D eigenvalue weighted by molar-refractivity contribution is 9.10. The van der Waals surface area contributed by atoms with Crippen molar-refractivity contribution in [3.63, 3.8) is 0 Å². The van der Waals surface area contributed by atoms with E-state index in [1.807, 2.05) is 0 Å². The fourth-order valence-corrected chi connectivity index (χ4v) is 2.07. The smallest absolute Gasteiger partial charge is 0.198 e. The Hall–Kier alpha value is -1.88. The van der Waals surface area contributed by atoms with Gasteiger partial charge in [-0.3, -0.25) is 4.79 Å². The van der Waals surface area contributed by atoms with Gasteiger partial charge in [-0.25, -0.2) is 4.39 Å². The van der Waals surface area contributed by atoms with Gasteiger partial charge in [0.1, 0.15) is 11.6 Å². The molecule has 5 heteroatoms. The molecule has 0 aliphatic carbocycles. The lowest BCUT2D eigenvalue weighted by Crippen LogP contribution is -2.07. The van der Waals surface area contributed by atoms with Crippen LogP contribution in [0.25, 0.3) is 0 Å². The van der Waals surface area contributed by atoms with Crippen LogP contribution in [0.5, 0.6) is 5.75 Å². The lowest BCUT2D eigenvalue weighted by Gasteiger charge is -2.07. The maximum atomic E-state index is 13.8. The van der Waals surface area contributed by atoms with Crippen LogP contribution in [0.1, 0.15) is 15.9 Å². The number of nitrogen functional groups attached to an aromatic ring is 1. The van der Waals surface area contributed by atoms with Gasteiger partial charge in [0, 0.05) is 21.8 Å². The first-order chi connectivity index (χ1) is 9.02. The lowest BCUT2D eigenvalue weighted by molar-refractivity contribution is 0.103. The van der Waals surface area contributed by atoms with Crippen molar-refractivity contribution in [3.8, 4) is 5.75 Å². The Morgan fingerprint density at radius 3 is 2.47 bits per heavy atom. The summed E-state index contributed by atoms with van der Waals surface area (Å²) < 4.78 is 19.5. The van der Waals surface area contributed by atoms with Gasteiger partial charge < -0.3 is 10.5 Å². The molecule has 0 heterocycles. The monoisotopic (exact) mass is 323 g/mol. The zero-order valence-corrected chi connectivity index (χ0v) is 11.7. The van der Waals surface area contributed by atoms with E-state index >= 15 is 0 Å². The molecule has 0 fully saturated rings. The van der Waals surface area contributed by atoms with E-state index in [0.717, 1.165) is 4.47 Å². The molecule has 0 amide bonds. The van der Waals surface area contributed by atoms with E-state index in [0.29, 0.717) is 11.4 Å². The van der Waals surface area contributed by atoms with Crippen LogP contribution in [0, 0.1) is 5.82 Å². The Morgan fingerprint density at radius 1 is 1.21 bits per heavy atom. The van der Waals surface area contributed by atoms with Gasteiger partial charge in [0.05, 0.1) is 12.7 Å². The number of methoxy groups -OCH3 is 1. The van der Waals surface area contributed by atoms with Gasteiger partial charge in [0.25, 0.3) is 0 Å². The summed E-state index contributed by atoms with van der Waals surface area (Å²) in [6.07, 6.45) is 0. The molecule has 2 aromatic rings. The lowest BCUT2D eigenvalue weighted by atomic mass is 10.0. The largest absolute Gasteiger partial charge is 0.497 e. The fourth-order valence-electron chi connectivity index (χ4n) is 1.69. The second-order valence-corrected chi connectivity index (χ2v) is 4.82. The van der Waals surface area contributed by atoms with Crippen molar-refractivity contribution in [2.24, 2.45) is 0 Å². The summed E-state index contributed by atoms with van der Waals surface area (Å²) in [5, 5.41) is 0. The number of rotatable bonds is 3. The highest BCUT2D eigenvalue weighted by Crippen LogP contribution is 2.24. The van der Waals surface area contributed by atoms with Crippen LogP contribution in [0.3, 0.4) is 0 Å². The summed E-state index contributed by atoms with van der Waals surface area (Å²) in [6, 6.07) is 8.94. The van der Waals surface area contributed by atoms with Crippen LogP contribution in [0.15, 0.2) is 40.9 Å². The summed E-state index contributed by atoms with van der Waals surface area (Å²) in [7, 11) is 1.43. The third kappa shape index (κ3) is 2.76. The minimum atomic E-state index is -0.633. The van der Waals surface area contributed by atoms with Crippen LogP contribution in [0.2, 0.25) is 0 Å². The number of carbonyl (C=O) groups is 1. The topological polar surface area (TPSA) is 52.3 Å². The minimum Gasteiger partial charge on any atom is -0.497 e. The van der Waals surface area contributed by atoms with Crippen LogP contribution < -0.4 is 10.5 Å². The molecule has 0 aliphatic rings. The zero-order valence-electron chi connectivity index (χ0n) is 10.1. The molecule has 0 bridgehead atoms. The van der Waals surface area contributed by atoms with E-state index in [1.165, 1.54) is 25.3 Å². The Labute approximate surface area is 118 Å². The average molecular weight is 324 g/mol. The number of ketones is 1. The van der Waals surface area contributed by atoms with E-state index in [4.69, 9.17) is 10.5 Å². The molecule has 3 nitrogen and oxygen atoms in total. The molecule has 0 unspecified atom stereocenters. The molecule has 19 heavy (non-hydrogen) atoms. The number of carbonyl (C=O) groups excluding carboxylic acids is 1. The van der Waals surface area contributed by atoms with Gasteiger partial charge in [-0.2, -0.15) is 0 Å². The first-order valence-corrected chi connectivity index (χ1v) is 6.25. The van der Waals surface area contributed by atoms with Crippen molar-refractivity contribution in [1.29, 1.82) is 0 Å². The number of hydrogen-bond acceptors (Lipinski definition) is 3. The second-order valence-electron chi connectivity index (χ2n) is 3.91. The SMILES string of the molecule is COc1ccc(C(=O)c2ccc(Br)cc2N)c(F)c1. The van der Waals surface area contributed by atoms with Gasteiger partial charge in [-0.1, -0.05) is 15.9 Å². The van der Waals surface area contributed by atoms with E-state index in [2.05, 4.69) is 15.9 Å². The molecule has 2 N–H and O–H groups in total. The van der Waals surface area contributed by atoms with E-state index in [-0.39, 0.29) is 11.1 Å². The third-order valence-corrected chi connectivity index (χ3v) is 3.17. The Kier molecular flexibility index (Phi) is 3.85. The van der Waals surface area contributed by atoms with Crippen molar-refractivity contribution in [3.05, 3.63) is 57.8 Å². The molecule has 0 aromatic heterocycles. The van der Waals surface area contributed by atoms with Gasteiger partial charge in [0.2, 0.25) is 0 Å². The molecular formula is C14H11BrFNO2. The zero-order chi connectivity index (χ0) is 14.0. The average Bonchev–Trinajstić information content (AvgIpc) is 2.37. The van der Waals surface area contributed by atoms with E-state index < -0.39 is 11.6 Å². The summed E-state index contributed by atoms with van der Waals surface area (Å²) in [6.45, 7) is 0. The molecule has 0 aliphatic heterocycles. The Balaban J connectivity index is 2.44. The Bertz CT molecular complexity index is 643. The molecule has 0 atom stereocenters. The van der Waals surface area contributed by atoms with Gasteiger partial charge in [0.15, 0.2) is 5.78 Å². The summed E-state index contributed by atoms with van der Waals surface area (Å²) >= 11 is 3.25. The first-order valence-electron chi connectivity index (χ1n) is 5.46. The van der Waals surface area contributed by atoms with E-state index in [1.54, 1.807) is 18.2 Å². The molecule has 0 saturated heterocycles. The molecular weight excluding hydrogens is 313 g/mol. The van der Waals surface area contributed by atoms with Crippen molar-refractivity contribution >= 4 is 27.4 Å². The number of ether oxygens (including phenoxy) is 1. The quantitative estimate of drug-likeness (QED) is 0.695. The number of anilines is 1. The summed E-state index contributed by atoms with van der Waals surface area (Å²) in [4.78, 5) is 12.2. The fraction of sp³-hybridized carbons (Fsp3) is 0.0714. The standard InChI is InChI=1S/C14H11BrFNO2/c1-19-9-3-5-10(12(16)7-9)14(18)11-4-2-8(15)6-13(11)17/h2-7H,17H2,1H3. The second kappa shape index (κ2) is 5.40. The van der Waals surface area contributed by atoms with Gasteiger partial charge in [-0.05, 0) is 30.3 Å². The predicted molar refractivity (Wildman–Crippen MR) is 74.9 cm³/mol. The van der Waals surface area contributed by atoms with Crippen molar-refractivity contribution < 1.29 is 13.9 Å². The highest BCUT2D eigenvalue weighted by atomic mass is 79.9. The Morgan fingerprint density at radius 2 is 1.89 bits per heavy atom. The van der Waals surface area contributed by atoms with Crippen molar-refractivity contribution in [2.45, 2.75) is 0 Å². The molecule has 2 rings (SSSR count). The third-order valence-electron chi connectivity index (χ3n) is 2.68. The van der Waals surface area contributed by atoms with Crippen LogP contribution in [-0.4, -0.2) is 12.9 Å². The van der Waals surface area contributed by atoms with Crippen LogP contribution in [0.4, 0.5) is 10.1 Å². The molecule has 2 aromatic carbocycles. The molecule has 0 spiro atoms. The normalized spacial score (nSPS) is 10.3.